The standard InChI is InChI=1S/C14H8Cl2/c15-13-3-1-9-5-12-8-14(16)4-2-10(12)6-11(9)7-13/h1-8H. The Morgan fingerprint density at radius 3 is 1.38 bits per heavy atom. The van der Waals surface area contributed by atoms with Crippen LogP contribution in [0.2, 0.25) is 10.0 Å². The van der Waals surface area contributed by atoms with Crippen LogP contribution in [0, 0.1) is 0 Å². The molecule has 0 spiro atoms. The Balaban J connectivity index is 2.44. The quantitative estimate of drug-likeness (QED) is 0.473. The summed E-state index contributed by atoms with van der Waals surface area (Å²) in [6, 6.07) is 16.1. The van der Waals surface area contributed by atoms with Gasteiger partial charge in [0, 0.05) is 10.0 Å². The first-order valence-electron chi connectivity index (χ1n) is 5.01. The molecule has 0 N–H and O–H groups in total. The predicted molar refractivity (Wildman–Crippen MR) is 71.5 cm³/mol. The lowest BCUT2D eigenvalue weighted by Gasteiger charge is -2.03. The molecule has 16 heavy (non-hydrogen) atoms. The summed E-state index contributed by atoms with van der Waals surface area (Å²) in [7, 11) is 0. The molecule has 0 heterocycles. The molecule has 78 valence electrons. The minimum absolute atomic E-state index is 0.765. The summed E-state index contributed by atoms with van der Waals surface area (Å²) < 4.78 is 0. The maximum atomic E-state index is 5.97. The zero-order chi connectivity index (χ0) is 11.1. The highest BCUT2D eigenvalue weighted by Crippen LogP contribution is 2.27. The minimum atomic E-state index is 0.765. The Morgan fingerprint density at radius 2 is 0.938 bits per heavy atom. The van der Waals surface area contributed by atoms with Crippen LogP contribution >= 0.6 is 23.2 Å². The van der Waals surface area contributed by atoms with Gasteiger partial charge in [-0.1, -0.05) is 35.3 Å². The van der Waals surface area contributed by atoms with E-state index in [9.17, 15) is 0 Å². The van der Waals surface area contributed by atoms with Gasteiger partial charge in [0.2, 0.25) is 0 Å². The summed E-state index contributed by atoms with van der Waals surface area (Å²) in [6.45, 7) is 0. The Hall–Kier alpha value is -1.24. The molecule has 0 radical (unpaired) electrons. The van der Waals surface area contributed by atoms with Crippen molar-refractivity contribution in [2.24, 2.45) is 0 Å². The van der Waals surface area contributed by atoms with Crippen molar-refractivity contribution in [3.8, 4) is 0 Å². The van der Waals surface area contributed by atoms with E-state index in [4.69, 9.17) is 23.2 Å². The van der Waals surface area contributed by atoms with E-state index < -0.39 is 0 Å². The third-order valence-electron chi connectivity index (χ3n) is 2.72. The van der Waals surface area contributed by atoms with E-state index >= 15 is 0 Å². The number of hydrogen-bond acceptors (Lipinski definition) is 0. The normalized spacial score (nSPS) is 11.1. The van der Waals surface area contributed by atoms with Gasteiger partial charge in [0.05, 0.1) is 0 Å². The fourth-order valence-electron chi connectivity index (χ4n) is 1.94. The van der Waals surface area contributed by atoms with Gasteiger partial charge in [0.25, 0.3) is 0 Å². The van der Waals surface area contributed by atoms with E-state index in [2.05, 4.69) is 12.1 Å². The van der Waals surface area contributed by atoms with Gasteiger partial charge in [-0.15, -0.1) is 0 Å². The molecule has 0 bridgehead atoms. The molecule has 0 nitrogen and oxygen atoms in total. The average molecular weight is 247 g/mol. The van der Waals surface area contributed by atoms with Gasteiger partial charge in [-0.2, -0.15) is 0 Å². The minimum Gasteiger partial charge on any atom is -0.0843 e. The molecule has 3 aromatic carbocycles. The van der Waals surface area contributed by atoms with Gasteiger partial charge < -0.3 is 0 Å². The van der Waals surface area contributed by atoms with Crippen molar-refractivity contribution < 1.29 is 0 Å². The zero-order valence-corrected chi connectivity index (χ0v) is 9.89. The molecule has 0 aliphatic heterocycles. The monoisotopic (exact) mass is 246 g/mol. The van der Waals surface area contributed by atoms with Crippen LogP contribution < -0.4 is 0 Å². The first-order chi connectivity index (χ1) is 7.72. The SMILES string of the molecule is Clc1ccc2cc3cc(Cl)ccc3cc2c1. The number of fused-ring (bicyclic) bond motifs is 2. The van der Waals surface area contributed by atoms with Crippen molar-refractivity contribution in [2.75, 3.05) is 0 Å². The van der Waals surface area contributed by atoms with Crippen LogP contribution in [0.25, 0.3) is 21.5 Å². The Kier molecular flexibility index (Phi) is 2.27. The number of hydrogen-bond donors (Lipinski definition) is 0. The van der Waals surface area contributed by atoms with E-state index in [0.29, 0.717) is 0 Å². The van der Waals surface area contributed by atoms with Gasteiger partial charge in [0.1, 0.15) is 0 Å². The third-order valence-corrected chi connectivity index (χ3v) is 3.19. The first-order valence-corrected chi connectivity index (χ1v) is 5.76. The molecule has 2 heteroatoms. The third kappa shape index (κ3) is 1.64. The summed E-state index contributed by atoms with van der Waals surface area (Å²) in [5, 5.41) is 6.20. The van der Waals surface area contributed by atoms with E-state index in [1.54, 1.807) is 0 Å². The van der Waals surface area contributed by atoms with Crippen LogP contribution in [0.4, 0.5) is 0 Å². The maximum absolute atomic E-state index is 5.97. The molecule has 0 aromatic heterocycles. The van der Waals surface area contributed by atoms with Gasteiger partial charge in [-0.3, -0.25) is 0 Å². The molecule has 3 aromatic rings. The van der Waals surface area contributed by atoms with Crippen molar-refractivity contribution in [2.45, 2.75) is 0 Å². The van der Waals surface area contributed by atoms with Crippen LogP contribution in [-0.2, 0) is 0 Å². The molecule has 0 aliphatic carbocycles. The van der Waals surface area contributed by atoms with Crippen LogP contribution in [0.3, 0.4) is 0 Å². The van der Waals surface area contributed by atoms with Crippen LogP contribution in [0.1, 0.15) is 0 Å². The summed E-state index contributed by atoms with van der Waals surface area (Å²) in [5.41, 5.74) is 0. The Bertz CT molecular complexity index is 625. The van der Waals surface area contributed by atoms with Gasteiger partial charge in [-0.25, -0.2) is 0 Å². The highest BCUT2D eigenvalue weighted by atomic mass is 35.5. The highest BCUT2D eigenvalue weighted by Gasteiger charge is 1.99. The average Bonchev–Trinajstić information content (AvgIpc) is 2.26. The molecule has 0 saturated carbocycles. The first kappa shape index (κ1) is 9.95. The summed E-state index contributed by atoms with van der Waals surface area (Å²) in [6.07, 6.45) is 0. The number of rotatable bonds is 0. The van der Waals surface area contributed by atoms with Crippen molar-refractivity contribution in [3.05, 3.63) is 58.6 Å². The molecule has 0 amide bonds. The molecule has 3 rings (SSSR count). The van der Waals surface area contributed by atoms with E-state index in [0.717, 1.165) is 20.8 Å². The van der Waals surface area contributed by atoms with Gasteiger partial charge in [0.15, 0.2) is 0 Å². The number of benzene rings is 3. The summed E-state index contributed by atoms with van der Waals surface area (Å²) in [5.74, 6) is 0. The van der Waals surface area contributed by atoms with E-state index in [-0.39, 0.29) is 0 Å². The second-order valence-electron chi connectivity index (χ2n) is 3.84. The van der Waals surface area contributed by atoms with E-state index in [1.165, 1.54) is 10.8 Å². The summed E-state index contributed by atoms with van der Waals surface area (Å²) >= 11 is 11.9. The molecule has 0 atom stereocenters. The van der Waals surface area contributed by atoms with Crippen molar-refractivity contribution in [1.82, 2.24) is 0 Å². The topological polar surface area (TPSA) is 0 Å². The highest BCUT2D eigenvalue weighted by molar-refractivity contribution is 6.32. The van der Waals surface area contributed by atoms with Crippen molar-refractivity contribution in [1.29, 1.82) is 0 Å². The fourth-order valence-corrected chi connectivity index (χ4v) is 2.30. The Labute approximate surface area is 103 Å². The fraction of sp³-hybridized carbons (Fsp3) is 0. The largest absolute Gasteiger partial charge is 0.0843 e. The smallest absolute Gasteiger partial charge is 0.0412 e. The maximum Gasteiger partial charge on any atom is 0.0412 e. The van der Waals surface area contributed by atoms with E-state index in [1.807, 2.05) is 36.4 Å². The van der Waals surface area contributed by atoms with Gasteiger partial charge in [-0.05, 0) is 57.9 Å². The van der Waals surface area contributed by atoms with Crippen molar-refractivity contribution in [3.63, 3.8) is 0 Å². The Morgan fingerprint density at radius 1 is 0.500 bits per heavy atom. The molecule has 0 fully saturated rings. The van der Waals surface area contributed by atoms with Crippen LogP contribution in [0.15, 0.2) is 48.5 Å². The van der Waals surface area contributed by atoms with Crippen molar-refractivity contribution >= 4 is 44.7 Å². The zero-order valence-electron chi connectivity index (χ0n) is 8.37. The second kappa shape index (κ2) is 3.65. The lowest BCUT2D eigenvalue weighted by molar-refractivity contribution is 1.76. The molecule has 0 aliphatic rings. The van der Waals surface area contributed by atoms with Crippen LogP contribution in [0.5, 0.6) is 0 Å². The molecule has 0 saturated heterocycles. The molecular formula is C14H8Cl2. The van der Waals surface area contributed by atoms with Crippen LogP contribution in [-0.4, -0.2) is 0 Å². The summed E-state index contributed by atoms with van der Waals surface area (Å²) in [4.78, 5) is 0. The number of halogens is 2. The molecule has 0 unspecified atom stereocenters. The predicted octanol–water partition coefficient (Wildman–Crippen LogP) is 5.30. The lowest BCUT2D eigenvalue weighted by atomic mass is 10.0. The second-order valence-corrected chi connectivity index (χ2v) is 4.71. The lowest BCUT2D eigenvalue weighted by Crippen LogP contribution is -1.76. The van der Waals surface area contributed by atoms with Gasteiger partial charge >= 0.3 is 0 Å². The molecular weight excluding hydrogens is 239 g/mol.